The zero-order valence-corrected chi connectivity index (χ0v) is 11.5. The summed E-state index contributed by atoms with van der Waals surface area (Å²) >= 11 is 0. The van der Waals surface area contributed by atoms with Crippen molar-refractivity contribution >= 4 is 7.37 Å². The van der Waals surface area contributed by atoms with Crippen LogP contribution in [0.5, 0.6) is 0 Å². The van der Waals surface area contributed by atoms with Gasteiger partial charge in [0.1, 0.15) is 0 Å². The first-order valence-corrected chi connectivity index (χ1v) is 8.41. The Labute approximate surface area is 113 Å². The summed E-state index contributed by atoms with van der Waals surface area (Å²) in [6.07, 6.45) is 1.58. The molecule has 2 nitrogen and oxygen atoms in total. The molecule has 1 unspecified atom stereocenters. The molecule has 1 N–H and O–H groups in total. The van der Waals surface area contributed by atoms with Crippen LogP contribution in [0.25, 0.3) is 0 Å². The molecule has 98 valence electrons. The summed E-state index contributed by atoms with van der Waals surface area (Å²) in [5.41, 5.74) is 1.57. The molecule has 2 aromatic carbocycles. The lowest BCUT2D eigenvalue weighted by Crippen LogP contribution is -1.97. The van der Waals surface area contributed by atoms with Crippen molar-refractivity contribution in [3.05, 3.63) is 71.8 Å². The van der Waals surface area contributed by atoms with Gasteiger partial charge < -0.3 is 4.89 Å². The Bertz CT molecular complexity index is 543. The second-order valence-corrected chi connectivity index (χ2v) is 7.69. The van der Waals surface area contributed by atoms with Gasteiger partial charge in [0.15, 0.2) is 0 Å². The van der Waals surface area contributed by atoms with Crippen LogP contribution in [0.15, 0.2) is 60.7 Å². The fourth-order valence-electron chi connectivity index (χ4n) is 3.01. The molecule has 3 atom stereocenters. The summed E-state index contributed by atoms with van der Waals surface area (Å²) in [6, 6.07) is 19.5. The second kappa shape index (κ2) is 4.96. The van der Waals surface area contributed by atoms with E-state index in [2.05, 4.69) is 0 Å². The first kappa shape index (κ1) is 12.7. The molecular formula is C16H17O2P. The Morgan fingerprint density at radius 2 is 1.16 bits per heavy atom. The van der Waals surface area contributed by atoms with Gasteiger partial charge in [-0.1, -0.05) is 60.7 Å². The highest BCUT2D eigenvalue weighted by atomic mass is 31.2. The average molecular weight is 272 g/mol. The lowest BCUT2D eigenvalue weighted by atomic mass is 10.0. The van der Waals surface area contributed by atoms with E-state index in [0.29, 0.717) is 0 Å². The predicted octanol–water partition coefficient (Wildman–Crippen LogP) is 4.53. The number of rotatable bonds is 2. The SMILES string of the molecule is O=P1(O)[C@@H](c2ccccc2)CC[C@H]1c1ccccc1. The predicted molar refractivity (Wildman–Crippen MR) is 77.4 cm³/mol. The third-order valence-corrected chi connectivity index (χ3v) is 6.87. The van der Waals surface area contributed by atoms with Crippen LogP contribution in [0.2, 0.25) is 0 Å². The Balaban J connectivity index is 1.95. The zero-order valence-electron chi connectivity index (χ0n) is 10.6. The normalized spacial score (nSPS) is 30.4. The fourth-order valence-corrected chi connectivity index (χ4v) is 5.68. The summed E-state index contributed by atoms with van der Waals surface area (Å²) in [6.45, 7) is 0. The second-order valence-electron chi connectivity index (χ2n) is 5.10. The lowest BCUT2D eigenvalue weighted by molar-refractivity contribution is 0.465. The van der Waals surface area contributed by atoms with Gasteiger partial charge in [0.25, 0.3) is 0 Å². The first-order chi connectivity index (χ1) is 9.19. The Morgan fingerprint density at radius 1 is 0.789 bits per heavy atom. The van der Waals surface area contributed by atoms with Gasteiger partial charge in [-0.25, -0.2) is 0 Å². The highest BCUT2D eigenvalue weighted by Crippen LogP contribution is 2.73. The number of hydrogen-bond donors (Lipinski definition) is 1. The van der Waals surface area contributed by atoms with Gasteiger partial charge in [0.05, 0.1) is 11.3 Å². The Kier molecular flexibility index (Phi) is 3.30. The van der Waals surface area contributed by atoms with Crippen LogP contribution in [0.1, 0.15) is 35.3 Å². The van der Waals surface area contributed by atoms with E-state index in [9.17, 15) is 9.46 Å². The van der Waals surface area contributed by atoms with E-state index in [1.807, 2.05) is 60.7 Å². The largest absolute Gasteiger partial charge is 0.343 e. The summed E-state index contributed by atoms with van der Waals surface area (Å²) in [4.78, 5) is 10.6. The van der Waals surface area contributed by atoms with E-state index in [1.54, 1.807) is 0 Å². The maximum Gasteiger partial charge on any atom is 0.215 e. The van der Waals surface area contributed by atoms with Gasteiger partial charge in [0.2, 0.25) is 7.37 Å². The third-order valence-electron chi connectivity index (χ3n) is 3.98. The maximum atomic E-state index is 12.8. The molecule has 1 aliphatic heterocycles. The quantitative estimate of drug-likeness (QED) is 0.815. The van der Waals surface area contributed by atoms with Crippen LogP contribution in [0, 0.1) is 0 Å². The van der Waals surface area contributed by atoms with E-state index in [-0.39, 0.29) is 11.3 Å². The van der Waals surface area contributed by atoms with Gasteiger partial charge in [-0.15, -0.1) is 0 Å². The molecule has 1 saturated heterocycles. The minimum absolute atomic E-state index is 0.209. The maximum absolute atomic E-state index is 12.8. The van der Waals surface area contributed by atoms with Crippen LogP contribution in [0.4, 0.5) is 0 Å². The molecule has 2 aromatic rings. The highest BCUT2D eigenvalue weighted by molar-refractivity contribution is 7.59. The van der Waals surface area contributed by atoms with Crippen LogP contribution in [0.3, 0.4) is 0 Å². The molecule has 1 fully saturated rings. The molecule has 1 heterocycles. The van der Waals surface area contributed by atoms with E-state index in [4.69, 9.17) is 0 Å². The van der Waals surface area contributed by atoms with Crippen molar-refractivity contribution in [3.8, 4) is 0 Å². The molecule has 19 heavy (non-hydrogen) atoms. The van der Waals surface area contributed by atoms with E-state index < -0.39 is 7.37 Å². The number of benzene rings is 2. The summed E-state index contributed by atoms with van der Waals surface area (Å²) in [5, 5.41) is 0. The highest BCUT2D eigenvalue weighted by Gasteiger charge is 2.46. The van der Waals surface area contributed by atoms with E-state index >= 15 is 0 Å². The topological polar surface area (TPSA) is 37.3 Å². The van der Waals surface area contributed by atoms with E-state index in [0.717, 1.165) is 24.0 Å². The van der Waals surface area contributed by atoms with Gasteiger partial charge >= 0.3 is 0 Å². The van der Waals surface area contributed by atoms with Crippen LogP contribution >= 0.6 is 7.37 Å². The van der Waals surface area contributed by atoms with Gasteiger partial charge in [-0.2, -0.15) is 0 Å². The Hall–Kier alpha value is -1.37. The van der Waals surface area contributed by atoms with Crippen LogP contribution < -0.4 is 0 Å². The molecule has 0 amide bonds. The zero-order chi connectivity index (χ0) is 13.3. The average Bonchev–Trinajstić information content (AvgIpc) is 2.76. The molecule has 0 radical (unpaired) electrons. The van der Waals surface area contributed by atoms with Gasteiger partial charge in [-0.3, -0.25) is 4.57 Å². The molecule has 0 spiro atoms. The van der Waals surface area contributed by atoms with Crippen molar-refractivity contribution in [1.82, 2.24) is 0 Å². The van der Waals surface area contributed by atoms with Gasteiger partial charge in [-0.05, 0) is 24.0 Å². The van der Waals surface area contributed by atoms with Crippen molar-refractivity contribution in [2.24, 2.45) is 0 Å². The van der Waals surface area contributed by atoms with Crippen molar-refractivity contribution < 1.29 is 9.46 Å². The first-order valence-electron chi connectivity index (χ1n) is 6.61. The standard InChI is InChI=1S/C16H17O2P/c17-19(18)15(13-7-3-1-4-8-13)11-12-16(19)14-9-5-2-6-10-14/h1-10,15-16H,11-12H2,(H,17,18)/t15-,16+. The molecular weight excluding hydrogens is 255 g/mol. The van der Waals surface area contributed by atoms with Gasteiger partial charge in [0, 0.05) is 0 Å². The third kappa shape index (κ3) is 2.27. The summed E-state index contributed by atoms with van der Waals surface area (Å²) in [7, 11) is -3.21. The molecule has 0 bridgehead atoms. The molecule has 1 aliphatic rings. The molecule has 0 aromatic heterocycles. The fraction of sp³-hybridized carbons (Fsp3) is 0.250. The summed E-state index contributed by atoms with van der Waals surface area (Å²) < 4.78 is 12.8. The lowest BCUT2D eigenvalue weighted by Gasteiger charge is -2.20. The van der Waals surface area contributed by atoms with Crippen LogP contribution in [-0.4, -0.2) is 4.89 Å². The minimum Gasteiger partial charge on any atom is -0.343 e. The molecule has 0 saturated carbocycles. The smallest absolute Gasteiger partial charge is 0.215 e. The number of hydrogen-bond acceptors (Lipinski definition) is 1. The van der Waals surface area contributed by atoms with Crippen molar-refractivity contribution in [3.63, 3.8) is 0 Å². The van der Waals surface area contributed by atoms with Crippen molar-refractivity contribution in [1.29, 1.82) is 0 Å². The molecule has 0 aliphatic carbocycles. The van der Waals surface area contributed by atoms with Crippen molar-refractivity contribution in [2.45, 2.75) is 24.2 Å². The van der Waals surface area contributed by atoms with E-state index in [1.165, 1.54) is 0 Å². The monoisotopic (exact) mass is 272 g/mol. The van der Waals surface area contributed by atoms with Crippen LogP contribution in [-0.2, 0) is 4.57 Å². The Morgan fingerprint density at radius 3 is 1.53 bits per heavy atom. The molecule has 3 heteroatoms. The minimum atomic E-state index is -3.21. The molecule has 3 rings (SSSR count). The summed E-state index contributed by atoms with van der Waals surface area (Å²) in [5.74, 6) is 0. The van der Waals surface area contributed by atoms with Crippen molar-refractivity contribution in [2.75, 3.05) is 0 Å².